The van der Waals surface area contributed by atoms with Gasteiger partial charge < -0.3 is 118 Å². The first-order chi connectivity index (χ1) is 59.6. The number of aromatic hydroxyl groups is 1. The van der Waals surface area contributed by atoms with Gasteiger partial charge in [0.25, 0.3) is 0 Å². The van der Waals surface area contributed by atoms with Crippen LogP contribution in [0.15, 0.2) is 85.2 Å². The Hall–Kier alpha value is -10.7. The summed E-state index contributed by atoms with van der Waals surface area (Å²) in [5.41, 5.74) is 38.6. The molecular weight excluding hydrogens is 1630 g/mol. The number of carboxylic acids is 1. The predicted octanol–water partition coefficient (Wildman–Crippen LogP) is 1.94. The van der Waals surface area contributed by atoms with Crippen LogP contribution in [-0.2, 0) is 86.4 Å². The summed E-state index contributed by atoms with van der Waals surface area (Å²) >= 11 is 1.36. The van der Waals surface area contributed by atoms with Crippen molar-refractivity contribution in [2.75, 3.05) is 38.2 Å². The first kappa shape index (κ1) is 105. The number of aromatic nitrogens is 2. The molecule has 15 atom stereocenters. The molecule has 28 N–H and O–H groups in total. The number of carbonyl (C=O) groups excluding carboxylic acids is 13. The Bertz CT molecular complexity index is 4320. The predicted molar refractivity (Wildman–Crippen MR) is 481 cm³/mol. The van der Waals surface area contributed by atoms with Crippen LogP contribution in [0.1, 0.15) is 188 Å². The van der Waals surface area contributed by atoms with E-state index < -0.39 is 174 Å². The number of hydrogen-bond acceptors (Lipinski definition) is 21. The molecule has 0 aliphatic carbocycles. The summed E-state index contributed by atoms with van der Waals surface area (Å²) in [6.07, 6.45) is 7.92. The quantitative estimate of drug-likeness (QED) is 0.0247. The summed E-state index contributed by atoms with van der Waals surface area (Å²) in [7, 11) is 0. The molecule has 36 nitrogen and oxygen atoms in total. The largest absolute Gasteiger partial charge is 0.508 e. The second-order valence-electron chi connectivity index (χ2n) is 33.1. The number of nitrogens with two attached hydrogens (primary N) is 6. The van der Waals surface area contributed by atoms with Gasteiger partial charge in [-0.05, 0) is 199 Å². The minimum absolute atomic E-state index is 0.0112. The van der Waals surface area contributed by atoms with Gasteiger partial charge >= 0.3 is 5.97 Å². The number of carbonyl (C=O) groups is 14. The maximum atomic E-state index is 15.2. The first-order valence-electron chi connectivity index (χ1n) is 43.7. The molecule has 0 saturated heterocycles. The number of para-hydroxylation sites is 2. The molecule has 0 fully saturated rings. The zero-order valence-corrected chi connectivity index (χ0v) is 74.6. The van der Waals surface area contributed by atoms with Crippen LogP contribution in [0.3, 0.4) is 0 Å². The fraction of sp³-hybridized carbons (Fsp3) is 0.591. The summed E-state index contributed by atoms with van der Waals surface area (Å²) in [5, 5.41) is 54.8. The molecule has 2 aromatic heterocycles. The Morgan fingerprint density at radius 1 is 0.384 bits per heavy atom. The lowest BCUT2D eigenvalue weighted by Gasteiger charge is -2.30. The molecule has 2 heterocycles. The third kappa shape index (κ3) is 35.3. The Morgan fingerprint density at radius 2 is 0.712 bits per heavy atom. The van der Waals surface area contributed by atoms with Crippen LogP contribution < -0.4 is 98.2 Å². The van der Waals surface area contributed by atoms with Gasteiger partial charge in [0.05, 0.1) is 12.5 Å². The van der Waals surface area contributed by atoms with Gasteiger partial charge in [0, 0.05) is 53.5 Å². The van der Waals surface area contributed by atoms with Crippen LogP contribution in [0, 0.1) is 23.7 Å². The maximum Gasteiger partial charge on any atom is 0.326 e. The lowest BCUT2D eigenvalue weighted by molar-refractivity contribution is -0.142. The minimum atomic E-state index is -1.66. The first-order valence-corrected chi connectivity index (χ1v) is 45.1. The van der Waals surface area contributed by atoms with E-state index in [1.54, 1.807) is 77.5 Å². The van der Waals surface area contributed by atoms with Crippen molar-refractivity contribution < 1.29 is 77.3 Å². The normalized spacial score (nSPS) is 15.1. The van der Waals surface area contributed by atoms with E-state index in [-0.39, 0.29) is 120 Å². The summed E-state index contributed by atoms with van der Waals surface area (Å²) in [4.78, 5) is 208. The second-order valence-corrected chi connectivity index (χ2v) is 34.1. The second kappa shape index (κ2) is 54.9. The summed E-state index contributed by atoms with van der Waals surface area (Å²) in [5.74, 6) is -13.2. The smallest absolute Gasteiger partial charge is 0.326 e. The van der Waals surface area contributed by atoms with Crippen molar-refractivity contribution in [3.63, 3.8) is 0 Å². The number of fused-ring (bicyclic) bond motifs is 2. The van der Waals surface area contributed by atoms with E-state index in [4.69, 9.17) is 34.4 Å². The third-order valence-electron chi connectivity index (χ3n) is 22.1. The van der Waals surface area contributed by atoms with Gasteiger partial charge in [-0.25, -0.2) is 4.79 Å². The van der Waals surface area contributed by atoms with E-state index in [1.165, 1.54) is 36.0 Å². The van der Waals surface area contributed by atoms with Crippen LogP contribution in [0.4, 0.5) is 0 Å². The highest BCUT2D eigenvalue weighted by atomic mass is 32.2. The van der Waals surface area contributed by atoms with Crippen molar-refractivity contribution in [1.82, 2.24) is 73.8 Å². The number of amides is 13. The summed E-state index contributed by atoms with van der Waals surface area (Å²) in [6, 6.07) is 2.53. The number of H-pyrrole nitrogens is 2. The van der Waals surface area contributed by atoms with E-state index in [1.807, 2.05) is 45.0 Å². The Kier molecular flexibility index (Phi) is 46.0. The fourth-order valence-electron chi connectivity index (χ4n) is 14.3. The van der Waals surface area contributed by atoms with Gasteiger partial charge in [0.2, 0.25) is 76.8 Å². The van der Waals surface area contributed by atoms with E-state index >= 15 is 14.4 Å². The standard InChI is InChI=1S/C88H138N20O16S/c1-10-52(7)74(94)86(121)100-64(30-18-22-39-91)78(113)106-71(47-73(93)110)85(120)103-68(43-51(5)6)82(117)104-69(45-55-48-95-60-26-14-12-24-58(55)60)83(118)98-63(29-17-21-38-90)76(111)97-62(28-16-20-37-89)77(112)99-66(36-41-125-9)80(115)108-75(53(8)11-2)87(122)101-65(31-19-23-40-92)79(114)102-67(42-50(3)4)81(116)105-70(46-56-49-96-61-27-15-13-25-59(56)61)84(119)107-72(88(123)124)44-54-32-34-57(109)35-33-54/h12-15,24-27,32-35,48-53,62-72,74-75,95-96,109H,10-11,16-23,28-31,36-47,89-92,94H2,1-9H3,(H2,93,110)(H,97,111)(H,98,118)(H,99,112)(H,100,121)(H,101,122)(H,102,114)(H,103,120)(H,104,117)(H,105,116)(H,106,113)(H,107,119)(H,108,115)(H,123,124)/t52-,53-,62-,63-,64-,65-,66-,67-,68-,69-,70-,71-,72-,74-,75-/m0/s1. The van der Waals surface area contributed by atoms with Crippen LogP contribution >= 0.6 is 11.8 Å². The lowest BCUT2D eigenvalue weighted by Crippen LogP contribution is -2.61. The number of carboxylic acid groups (broad SMARTS) is 1. The molecule has 125 heavy (non-hydrogen) atoms. The fourth-order valence-corrected chi connectivity index (χ4v) is 14.8. The molecule has 0 aliphatic heterocycles. The number of phenolic OH excluding ortho intramolecular Hbond substituents is 1. The minimum Gasteiger partial charge on any atom is -0.508 e. The van der Waals surface area contributed by atoms with Crippen LogP contribution in [0.2, 0.25) is 0 Å². The SMILES string of the molecule is CC[C@H](C)[C@H](N)C(=O)N[C@@H](CCCCN)C(=O)N[C@@H](CC(N)=O)C(=O)N[C@@H](CC(C)C)C(=O)N[C@@H](Cc1c[nH]c2ccccc12)C(=O)N[C@@H](CCCCN)C(=O)N[C@@H](CCCCN)C(=O)N[C@@H](CCSC)C(=O)N[C@H](C(=O)N[C@@H](CCCCN)C(=O)N[C@@H](CC(C)C)C(=O)N[C@@H](Cc1c[nH]c2ccccc12)C(=O)N[C@@H](Cc1ccc(O)cc1)C(=O)O)[C@@H](C)CC. The molecule has 0 unspecified atom stereocenters. The number of hydrogen-bond donors (Lipinski definition) is 22. The number of unbranched alkanes of at least 4 members (excludes halogenated alkanes) is 4. The third-order valence-corrected chi connectivity index (χ3v) is 22.7. The van der Waals surface area contributed by atoms with Crippen molar-refractivity contribution in [2.45, 2.75) is 269 Å². The molecule has 0 spiro atoms. The number of primary amides is 1. The van der Waals surface area contributed by atoms with Gasteiger partial charge in [-0.2, -0.15) is 11.8 Å². The van der Waals surface area contributed by atoms with Gasteiger partial charge in [-0.1, -0.05) is 117 Å². The molecule has 0 radical (unpaired) electrons. The number of aliphatic carboxylic acids is 1. The molecular formula is C88H138N20O16S. The van der Waals surface area contributed by atoms with Crippen molar-refractivity contribution in [1.29, 1.82) is 0 Å². The number of aromatic amines is 2. The lowest BCUT2D eigenvalue weighted by atomic mass is 9.96. The van der Waals surface area contributed by atoms with Crippen molar-refractivity contribution in [3.05, 3.63) is 102 Å². The van der Waals surface area contributed by atoms with Crippen LogP contribution in [-0.4, -0.2) is 220 Å². The average molecular weight is 1760 g/mol. The molecule has 0 bridgehead atoms. The van der Waals surface area contributed by atoms with Crippen molar-refractivity contribution in [2.24, 2.45) is 58.1 Å². The molecule has 692 valence electrons. The molecule has 37 heteroatoms. The van der Waals surface area contributed by atoms with Gasteiger partial charge in [0.1, 0.15) is 78.3 Å². The van der Waals surface area contributed by atoms with E-state index in [2.05, 4.69) is 73.8 Å². The number of rotatable bonds is 60. The highest BCUT2D eigenvalue weighted by Crippen LogP contribution is 2.24. The molecule has 3 aromatic carbocycles. The van der Waals surface area contributed by atoms with Crippen LogP contribution in [0.5, 0.6) is 5.75 Å². The van der Waals surface area contributed by atoms with Crippen molar-refractivity contribution >= 4 is 116 Å². The number of thioether (sulfide) groups is 1. The number of benzene rings is 3. The van der Waals surface area contributed by atoms with Gasteiger partial charge in [-0.3, -0.25) is 62.3 Å². The molecule has 5 rings (SSSR count). The zero-order chi connectivity index (χ0) is 92.4. The van der Waals surface area contributed by atoms with E-state index in [0.717, 1.165) is 10.9 Å². The maximum absolute atomic E-state index is 15.2. The molecule has 0 aliphatic rings. The van der Waals surface area contributed by atoms with E-state index in [0.29, 0.717) is 91.1 Å². The molecule has 13 amide bonds. The highest BCUT2D eigenvalue weighted by molar-refractivity contribution is 7.98. The number of nitrogens with one attached hydrogen (secondary N) is 14. The van der Waals surface area contributed by atoms with Crippen molar-refractivity contribution in [3.8, 4) is 5.75 Å². The van der Waals surface area contributed by atoms with Crippen LogP contribution in [0.25, 0.3) is 21.8 Å². The van der Waals surface area contributed by atoms with Gasteiger partial charge in [0.15, 0.2) is 0 Å². The summed E-state index contributed by atoms with van der Waals surface area (Å²) < 4.78 is 0. The summed E-state index contributed by atoms with van der Waals surface area (Å²) in [6.45, 7) is 15.2. The number of phenols is 1. The zero-order valence-electron chi connectivity index (χ0n) is 73.8. The Labute approximate surface area is 736 Å². The average Bonchev–Trinajstić information content (AvgIpc) is 1.70. The monoisotopic (exact) mass is 1760 g/mol. The van der Waals surface area contributed by atoms with E-state index in [9.17, 15) is 63.0 Å². The molecule has 0 saturated carbocycles. The Morgan fingerprint density at radius 3 is 1.09 bits per heavy atom. The highest BCUT2D eigenvalue weighted by Gasteiger charge is 2.40. The topological polar surface area (TPSA) is 611 Å². The van der Waals surface area contributed by atoms with Gasteiger partial charge in [-0.15, -0.1) is 0 Å². The Balaban J connectivity index is 1.42. The molecule has 5 aromatic rings.